The first-order valence-electron chi connectivity index (χ1n) is 10.9. The number of piperidine rings is 1. The number of nitrogens with zero attached hydrogens (tertiary/aromatic N) is 3. The van der Waals surface area contributed by atoms with Gasteiger partial charge in [-0.15, -0.1) is 0 Å². The van der Waals surface area contributed by atoms with E-state index in [0.717, 1.165) is 45.3 Å². The molecule has 0 saturated carbocycles. The molecule has 0 atom stereocenters. The number of rotatable bonds is 5. The number of fused-ring (bicyclic) bond motifs is 1. The van der Waals surface area contributed by atoms with Crippen LogP contribution in [0.1, 0.15) is 51.2 Å². The third kappa shape index (κ3) is 3.14. The second-order valence-electron chi connectivity index (χ2n) is 9.09. The Labute approximate surface area is 168 Å². The van der Waals surface area contributed by atoms with E-state index in [0.29, 0.717) is 12.5 Å². The van der Waals surface area contributed by atoms with E-state index in [1.54, 1.807) is 4.90 Å². The van der Waals surface area contributed by atoms with Crippen LogP contribution in [0.4, 0.5) is 4.79 Å². The predicted molar refractivity (Wildman–Crippen MR) is 110 cm³/mol. The van der Waals surface area contributed by atoms with Gasteiger partial charge in [0.25, 0.3) is 5.91 Å². The topological polar surface area (TPSA) is 43.9 Å². The van der Waals surface area contributed by atoms with Crippen LogP contribution in [-0.4, -0.2) is 64.4 Å². The summed E-state index contributed by atoms with van der Waals surface area (Å²) in [6.07, 6.45) is 4.30. The zero-order valence-corrected chi connectivity index (χ0v) is 17.5. The Kier molecular flexibility index (Phi) is 5.21. The third-order valence-corrected chi connectivity index (χ3v) is 6.99. The summed E-state index contributed by atoms with van der Waals surface area (Å²) in [6.45, 7) is 10.0. The van der Waals surface area contributed by atoms with Gasteiger partial charge in [0.05, 0.1) is 0 Å². The molecule has 0 bridgehead atoms. The first-order valence-corrected chi connectivity index (χ1v) is 10.9. The predicted octanol–water partition coefficient (Wildman–Crippen LogP) is 3.32. The van der Waals surface area contributed by atoms with Crippen molar-refractivity contribution in [3.63, 3.8) is 0 Å². The van der Waals surface area contributed by atoms with Crippen LogP contribution in [-0.2, 0) is 17.6 Å². The number of hydrogen-bond donors (Lipinski definition) is 0. The van der Waals surface area contributed by atoms with Crippen molar-refractivity contribution in [2.45, 2.75) is 64.5 Å². The fourth-order valence-electron chi connectivity index (χ4n) is 5.29. The molecular weight excluding hydrogens is 350 g/mol. The van der Waals surface area contributed by atoms with Gasteiger partial charge in [-0.05, 0) is 62.6 Å². The molecule has 0 N–H and O–H groups in total. The summed E-state index contributed by atoms with van der Waals surface area (Å²) < 4.78 is 0. The number of hydrogen-bond acceptors (Lipinski definition) is 3. The minimum Gasteiger partial charge on any atom is -0.310 e. The van der Waals surface area contributed by atoms with E-state index in [-0.39, 0.29) is 18.0 Å². The van der Waals surface area contributed by atoms with Crippen molar-refractivity contribution in [3.05, 3.63) is 35.4 Å². The van der Waals surface area contributed by atoms with Crippen LogP contribution in [0.5, 0.6) is 0 Å². The first-order chi connectivity index (χ1) is 13.5. The molecule has 1 aromatic rings. The molecule has 0 radical (unpaired) electrons. The van der Waals surface area contributed by atoms with Gasteiger partial charge >= 0.3 is 6.03 Å². The summed E-state index contributed by atoms with van der Waals surface area (Å²) >= 11 is 0. The van der Waals surface area contributed by atoms with Gasteiger partial charge in [0.15, 0.2) is 0 Å². The number of urea groups is 1. The Bertz CT molecular complexity index is 727. The van der Waals surface area contributed by atoms with Gasteiger partial charge in [-0.1, -0.05) is 38.1 Å². The lowest BCUT2D eigenvalue weighted by atomic mass is 9.85. The maximum atomic E-state index is 13.6. The Hall–Kier alpha value is -1.88. The third-order valence-electron chi connectivity index (χ3n) is 6.99. The Morgan fingerprint density at radius 2 is 1.68 bits per heavy atom. The van der Waals surface area contributed by atoms with Crippen molar-refractivity contribution < 1.29 is 9.59 Å². The van der Waals surface area contributed by atoms with Crippen LogP contribution in [0.25, 0.3) is 0 Å². The van der Waals surface area contributed by atoms with E-state index in [4.69, 9.17) is 0 Å². The molecule has 1 aromatic carbocycles. The summed E-state index contributed by atoms with van der Waals surface area (Å²) in [7, 11) is 0. The van der Waals surface area contributed by atoms with Crippen molar-refractivity contribution in [1.29, 1.82) is 0 Å². The lowest BCUT2D eigenvalue weighted by Crippen LogP contribution is -2.56. The van der Waals surface area contributed by atoms with Crippen molar-refractivity contribution in [3.8, 4) is 0 Å². The fourth-order valence-corrected chi connectivity index (χ4v) is 5.29. The fraction of sp³-hybridized carbons (Fsp3) is 0.652. The molecule has 1 aliphatic carbocycles. The molecular formula is C23H33N3O2. The molecule has 2 saturated heterocycles. The van der Waals surface area contributed by atoms with E-state index in [1.807, 2.05) is 24.0 Å². The zero-order chi connectivity index (χ0) is 19.9. The van der Waals surface area contributed by atoms with Crippen LogP contribution >= 0.6 is 0 Å². The maximum Gasteiger partial charge on any atom is 0.327 e. The monoisotopic (exact) mass is 383 g/mol. The summed E-state index contributed by atoms with van der Waals surface area (Å²) in [4.78, 5) is 32.8. The quantitative estimate of drug-likeness (QED) is 0.733. The number of carbonyl (C=O) groups is 2. The lowest BCUT2D eigenvalue weighted by molar-refractivity contribution is -0.137. The minimum atomic E-state index is -0.616. The molecule has 1 spiro atoms. The highest BCUT2D eigenvalue weighted by molar-refractivity contribution is 6.07. The van der Waals surface area contributed by atoms with Crippen LogP contribution in [0.2, 0.25) is 0 Å². The van der Waals surface area contributed by atoms with Crippen molar-refractivity contribution in [2.75, 3.05) is 26.2 Å². The van der Waals surface area contributed by atoms with Gasteiger partial charge in [-0.3, -0.25) is 9.69 Å². The minimum absolute atomic E-state index is 0.0233. The van der Waals surface area contributed by atoms with E-state index in [9.17, 15) is 9.59 Å². The second kappa shape index (κ2) is 7.51. The maximum absolute atomic E-state index is 13.6. The number of likely N-dealkylation sites (N-methyl/N-ethyl adjacent to an activating group) is 1. The number of imide groups is 1. The van der Waals surface area contributed by atoms with Gasteiger partial charge in [0, 0.05) is 25.7 Å². The van der Waals surface area contributed by atoms with Crippen molar-refractivity contribution in [1.82, 2.24) is 14.7 Å². The average molecular weight is 384 g/mol. The smallest absolute Gasteiger partial charge is 0.310 e. The molecule has 28 heavy (non-hydrogen) atoms. The molecule has 0 unspecified atom stereocenters. The summed E-state index contributed by atoms with van der Waals surface area (Å²) in [5, 5.41) is 0. The van der Waals surface area contributed by atoms with E-state index >= 15 is 0 Å². The molecule has 152 valence electrons. The highest BCUT2D eigenvalue weighted by Gasteiger charge is 2.59. The number of amides is 3. The highest BCUT2D eigenvalue weighted by atomic mass is 16.2. The molecule has 4 rings (SSSR count). The summed E-state index contributed by atoms with van der Waals surface area (Å²) in [5.41, 5.74) is 1.94. The molecule has 5 heteroatoms. The SMILES string of the molecule is CCN1C(=O)N(C2Cc3ccccc3C2)C(=O)C12CCN(CCC(C)C)CC2. The van der Waals surface area contributed by atoms with Gasteiger partial charge in [-0.25, -0.2) is 4.79 Å². The van der Waals surface area contributed by atoms with Gasteiger partial charge in [-0.2, -0.15) is 0 Å². The van der Waals surface area contributed by atoms with Crippen LogP contribution in [0, 0.1) is 5.92 Å². The molecule has 5 nitrogen and oxygen atoms in total. The first kappa shape index (κ1) is 19.4. The summed E-state index contributed by atoms with van der Waals surface area (Å²) in [6, 6.07) is 8.25. The Morgan fingerprint density at radius 3 is 2.21 bits per heavy atom. The standard InChI is InChI=1S/C23H33N3O2/c1-4-25-22(28)26(20-15-18-7-5-6-8-19(18)16-20)21(27)23(25)10-13-24(14-11-23)12-9-17(2)3/h5-8,17,20H,4,9-16H2,1-3H3. The van der Waals surface area contributed by atoms with Crippen LogP contribution in [0.3, 0.4) is 0 Å². The molecule has 2 heterocycles. The number of carbonyl (C=O) groups excluding carboxylic acids is 2. The van der Waals surface area contributed by atoms with E-state index < -0.39 is 5.54 Å². The molecule has 2 fully saturated rings. The van der Waals surface area contributed by atoms with Crippen molar-refractivity contribution >= 4 is 11.9 Å². The average Bonchev–Trinajstić information content (AvgIpc) is 3.18. The van der Waals surface area contributed by atoms with Gasteiger partial charge < -0.3 is 9.80 Å². The molecule has 2 aliphatic heterocycles. The number of likely N-dealkylation sites (tertiary alicyclic amines) is 1. The van der Waals surface area contributed by atoms with Crippen LogP contribution in [0.15, 0.2) is 24.3 Å². The highest BCUT2D eigenvalue weighted by Crippen LogP contribution is 2.40. The second-order valence-corrected chi connectivity index (χ2v) is 9.09. The zero-order valence-electron chi connectivity index (χ0n) is 17.5. The van der Waals surface area contributed by atoms with Crippen molar-refractivity contribution in [2.24, 2.45) is 5.92 Å². The largest absolute Gasteiger partial charge is 0.327 e. The molecule has 0 aromatic heterocycles. The lowest BCUT2D eigenvalue weighted by Gasteiger charge is -2.42. The summed E-state index contributed by atoms with van der Waals surface area (Å²) in [5.74, 6) is 0.748. The van der Waals surface area contributed by atoms with E-state index in [2.05, 4.69) is 30.9 Å². The Balaban J connectivity index is 1.51. The van der Waals surface area contributed by atoms with Crippen LogP contribution < -0.4 is 0 Å². The molecule has 3 aliphatic rings. The van der Waals surface area contributed by atoms with Gasteiger partial charge in [0.1, 0.15) is 5.54 Å². The molecule has 3 amide bonds. The Morgan fingerprint density at radius 1 is 1.07 bits per heavy atom. The van der Waals surface area contributed by atoms with E-state index in [1.165, 1.54) is 17.5 Å². The number of benzene rings is 1. The normalized spacial score (nSPS) is 22.7. The van der Waals surface area contributed by atoms with Gasteiger partial charge in [0.2, 0.25) is 0 Å².